The minimum Gasteiger partial charge on any atom is -0.505 e. The van der Waals surface area contributed by atoms with Gasteiger partial charge in [0.25, 0.3) is 5.69 Å². The molecule has 0 spiro atoms. The van der Waals surface area contributed by atoms with Crippen molar-refractivity contribution in [2.75, 3.05) is 11.6 Å². The van der Waals surface area contributed by atoms with E-state index in [4.69, 9.17) is 17.3 Å². The number of non-ortho nitro benzene ring substituents is 1. The number of nitro benzene ring substituents is 1. The lowest BCUT2D eigenvalue weighted by Crippen LogP contribution is -1.96. The zero-order chi connectivity index (χ0) is 10.7. The molecule has 1 rings (SSSR count). The van der Waals surface area contributed by atoms with Crippen LogP contribution in [0.4, 0.5) is 11.4 Å². The molecule has 5 nitrogen and oxygen atoms in total. The maximum Gasteiger partial charge on any atom is 0.272 e. The molecule has 0 aliphatic heterocycles. The van der Waals surface area contributed by atoms with E-state index >= 15 is 0 Å². The van der Waals surface area contributed by atoms with Gasteiger partial charge in [-0.3, -0.25) is 10.1 Å². The molecule has 6 heteroatoms. The van der Waals surface area contributed by atoms with E-state index in [2.05, 4.69) is 0 Å². The summed E-state index contributed by atoms with van der Waals surface area (Å²) in [4.78, 5) is 9.89. The van der Waals surface area contributed by atoms with Gasteiger partial charge >= 0.3 is 0 Å². The summed E-state index contributed by atoms with van der Waals surface area (Å²) in [7, 11) is 0. The summed E-state index contributed by atoms with van der Waals surface area (Å²) in [5, 5.41) is 19.9. The van der Waals surface area contributed by atoms with Crippen LogP contribution in [0.3, 0.4) is 0 Å². The highest BCUT2D eigenvalue weighted by molar-refractivity contribution is 6.18. The van der Waals surface area contributed by atoms with E-state index in [-0.39, 0.29) is 23.0 Å². The van der Waals surface area contributed by atoms with E-state index in [0.717, 1.165) is 6.07 Å². The maximum atomic E-state index is 10.5. The van der Waals surface area contributed by atoms with Gasteiger partial charge < -0.3 is 10.8 Å². The predicted octanol–water partition coefficient (Wildman–Crippen LogP) is 1.66. The van der Waals surface area contributed by atoms with Crippen molar-refractivity contribution >= 4 is 23.0 Å². The molecule has 0 atom stereocenters. The molecular weight excluding hydrogens is 208 g/mol. The van der Waals surface area contributed by atoms with Crippen molar-refractivity contribution in [3.63, 3.8) is 0 Å². The smallest absolute Gasteiger partial charge is 0.272 e. The summed E-state index contributed by atoms with van der Waals surface area (Å²) >= 11 is 5.47. The van der Waals surface area contributed by atoms with Crippen molar-refractivity contribution in [3.05, 3.63) is 27.8 Å². The Morgan fingerprint density at radius 3 is 2.71 bits per heavy atom. The number of nitrogens with zero attached hydrogens (tertiary/aromatic N) is 1. The maximum absolute atomic E-state index is 10.5. The molecule has 0 saturated carbocycles. The first kappa shape index (κ1) is 10.6. The van der Waals surface area contributed by atoms with Gasteiger partial charge in [0.15, 0.2) is 0 Å². The second-order valence-electron chi connectivity index (χ2n) is 2.74. The molecule has 0 fully saturated rings. The van der Waals surface area contributed by atoms with E-state index in [0.29, 0.717) is 12.0 Å². The summed E-state index contributed by atoms with van der Waals surface area (Å²) in [6.07, 6.45) is 0.346. The molecule has 0 heterocycles. The Balaban J connectivity index is 3.20. The predicted molar refractivity (Wildman–Crippen MR) is 53.6 cm³/mol. The number of nitrogen functional groups attached to an aromatic ring is 1. The molecule has 0 bridgehead atoms. The number of alkyl halides is 1. The van der Waals surface area contributed by atoms with Crippen molar-refractivity contribution < 1.29 is 10.0 Å². The van der Waals surface area contributed by atoms with Gasteiger partial charge in [-0.1, -0.05) is 0 Å². The molecule has 14 heavy (non-hydrogen) atoms. The Morgan fingerprint density at radius 2 is 2.21 bits per heavy atom. The van der Waals surface area contributed by atoms with Gasteiger partial charge in [0.1, 0.15) is 5.75 Å². The third-order valence-corrected chi connectivity index (χ3v) is 1.97. The molecule has 3 N–H and O–H groups in total. The van der Waals surface area contributed by atoms with E-state index in [9.17, 15) is 15.2 Å². The molecule has 0 aliphatic rings. The van der Waals surface area contributed by atoms with Crippen molar-refractivity contribution in [3.8, 4) is 5.75 Å². The molecule has 0 unspecified atom stereocenters. The van der Waals surface area contributed by atoms with Crippen LogP contribution in [-0.2, 0) is 6.42 Å². The molecule has 0 amide bonds. The number of nitrogens with two attached hydrogens (primary N) is 1. The van der Waals surface area contributed by atoms with E-state index < -0.39 is 4.92 Å². The highest BCUT2D eigenvalue weighted by Crippen LogP contribution is 2.30. The largest absolute Gasteiger partial charge is 0.505 e. The topological polar surface area (TPSA) is 89.4 Å². The Hall–Kier alpha value is -1.49. The second kappa shape index (κ2) is 4.15. The minimum absolute atomic E-state index is 0.000633. The number of aryl methyl sites for hydroxylation is 1. The number of phenols is 1. The molecular formula is C8H9ClN2O3. The first-order valence-corrected chi connectivity index (χ1v) is 4.41. The quantitative estimate of drug-likeness (QED) is 0.264. The lowest BCUT2D eigenvalue weighted by Gasteiger charge is -2.05. The van der Waals surface area contributed by atoms with Gasteiger partial charge in [-0.15, -0.1) is 11.6 Å². The number of rotatable bonds is 3. The number of anilines is 1. The minimum atomic E-state index is -0.562. The van der Waals surface area contributed by atoms with Crippen molar-refractivity contribution in [1.29, 1.82) is 0 Å². The number of hydrogen-bond donors (Lipinski definition) is 2. The van der Waals surface area contributed by atoms with Crippen LogP contribution in [0.25, 0.3) is 0 Å². The standard InChI is InChI=1S/C8H9ClN2O3/c9-2-1-5-3-6(11(13)14)4-7(10)8(5)12/h3-4,12H,1-2,10H2. The highest BCUT2D eigenvalue weighted by Gasteiger charge is 2.13. The molecule has 1 aromatic rings. The van der Waals surface area contributed by atoms with Crippen LogP contribution in [0, 0.1) is 10.1 Å². The molecule has 0 radical (unpaired) electrons. The fourth-order valence-corrected chi connectivity index (χ4v) is 1.30. The highest BCUT2D eigenvalue weighted by atomic mass is 35.5. The first-order chi connectivity index (χ1) is 6.56. The van der Waals surface area contributed by atoms with Crippen LogP contribution < -0.4 is 5.73 Å². The first-order valence-electron chi connectivity index (χ1n) is 3.88. The summed E-state index contributed by atoms with van der Waals surface area (Å²) in [6.45, 7) is 0. The monoisotopic (exact) mass is 216 g/mol. The van der Waals surface area contributed by atoms with Crippen molar-refractivity contribution in [2.24, 2.45) is 0 Å². The Bertz CT molecular complexity index is 368. The summed E-state index contributed by atoms with van der Waals surface area (Å²) < 4.78 is 0. The van der Waals surface area contributed by atoms with Gasteiger partial charge in [-0.2, -0.15) is 0 Å². The zero-order valence-corrected chi connectivity index (χ0v) is 7.99. The van der Waals surface area contributed by atoms with Gasteiger partial charge in [-0.05, 0) is 6.42 Å². The third-order valence-electron chi connectivity index (χ3n) is 1.78. The van der Waals surface area contributed by atoms with Crippen LogP contribution in [0.1, 0.15) is 5.56 Å². The number of phenolic OH excluding ortho intramolecular Hbond substituents is 1. The Labute approximate surface area is 85.3 Å². The average Bonchev–Trinajstić information content (AvgIpc) is 2.12. The Kier molecular flexibility index (Phi) is 3.14. The van der Waals surface area contributed by atoms with Gasteiger partial charge in [0.05, 0.1) is 10.6 Å². The zero-order valence-electron chi connectivity index (χ0n) is 7.24. The number of benzene rings is 1. The van der Waals surface area contributed by atoms with Crippen molar-refractivity contribution in [2.45, 2.75) is 6.42 Å². The number of hydrogen-bond acceptors (Lipinski definition) is 4. The van der Waals surface area contributed by atoms with E-state index in [1.807, 2.05) is 0 Å². The number of halogens is 1. The SMILES string of the molecule is Nc1cc([N+](=O)[O-])cc(CCCl)c1O. The van der Waals surface area contributed by atoms with Crippen LogP contribution in [0.5, 0.6) is 5.75 Å². The van der Waals surface area contributed by atoms with Crippen LogP contribution in [0.15, 0.2) is 12.1 Å². The summed E-state index contributed by atoms with van der Waals surface area (Å²) in [6, 6.07) is 2.39. The number of aromatic hydroxyl groups is 1. The fraction of sp³-hybridized carbons (Fsp3) is 0.250. The Morgan fingerprint density at radius 1 is 1.57 bits per heavy atom. The van der Waals surface area contributed by atoms with Crippen molar-refractivity contribution in [1.82, 2.24) is 0 Å². The van der Waals surface area contributed by atoms with Crippen LogP contribution in [-0.4, -0.2) is 15.9 Å². The molecule has 76 valence electrons. The van der Waals surface area contributed by atoms with E-state index in [1.165, 1.54) is 6.07 Å². The van der Waals surface area contributed by atoms with E-state index in [1.54, 1.807) is 0 Å². The summed E-state index contributed by atoms with van der Waals surface area (Å²) in [5.74, 6) is 0.144. The molecule has 0 saturated heterocycles. The lowest BCUT2D eigenvalue weighted by molar-refractivity contribution is -0.384. The summed E-state index contributed by atoms with van der Waals surface area (Å²) in [5.41, 5.74) is 5.65. The van der Waals surface area contributed by atoms with Crippen LogP contribution >= 0.6 is 11.6 Å². The second-order valence-corrected chi connectivity index (χ2v) is 3.12. The molecule has 1 aromatic carbocycles. The lowest BCUT2D eigenvalue weighted by atomic mass is 10.1. The number of nitro groups is 1. The van der Waals surface area contributed by atoms with Gasteiger partial charge in [0.2, 0.25) is 0 Å². The van der Waals surface area contributed by atoms with Crippen LogP contribution in [0.2, 0.25) is 0 Å². The van der Waals surface area contributed by atoms with Gasteiger partial charge in [-0.25, -0.2) is 0 Å². The normalized spacial score (nSPS) is 10.1. The molecule has 0 aromatic heterocycles. The average molecular weight is 217 g/mol. The third kappa shape index (κ3) is 2.05. The molecule has 0 aliphatic carbocycles. The van der Waals surface area contributed by atoms with Gasteiger partial charge in [0, 0.05) is 23.6 Å². The fourth-order valence-electron chi connectivity index (χ4n) is 1.10.